The van der Waals surface area contributed by atoms with Gasteiger partial charge in [0.1, 0.15) is 11.5 Å². The van der Waals surface area contributed by atoms with Crippen molar-refractivity contribution in [1.82, 2.24) is 19.7 Å². The van der Waals surface area contributed by atoms with Crippen molar-refractivity contribution in [1.29, 1.82) is 0 Å². The minimum atomic E-state index is -0.312. The van der Waals surface area contributed by atoms with Crippen molar-refractivity contribution in [2.24, 2.45) is 5.73 Å². The summed E-state index contributed by atoms with van der Waals surface area (Å²) in [5.74, 6) is 2.37. The van der Waals surface area contributed by atoms with Crippen molar-refractivity contribution in [2.75, 3.05) is 0 Å². The maximum atomic E-state index is 6.64. The molecule has 0 radical (unpaired) electrons. The van der Waals surface area contributed by atoms with Gasteiger partial charge in [0.05, 0.1) is 5.69 Å². The second-order valence-electron chi connectivity index (χ2n) is 8.92. The van der Waals surface area contributed by atoms with E-state index in [1.807, 2.05) is 6.07 Å². The van der Waals surface area contributed by atoms with Gasteiger partial charge in [-0.2, -0.15) is 0 Å². The average molecular weight is 454 g/mol. The summed E-state index contributed by atoms with van der Waals surface area (Å²) in [6.45, 7) is 6.79. The molecule has 6 heteroatoms. The molecule has 0 unspecified atom stereocenters. The van der Waals surface area contributed by atoms with Gasteiger partial charge in [0.25, 0.3) is 0 Å². The lowest BCUT2D eigenvalue weighted by Crippen LogP contribution is -2.34. The van der Waals surface area contributed by atoms with Crippen LogP contribution >= 0.6 is 0 Å². The molecule has 1 aliphatic rings. The van der Waals surface area contributed by atoms with Crippen molar-refractivity contribution in [3.63, 3.8) is 0 Å². The van der Waals surface area contributed by atoms with E-state index in [0.717, 1.165) is 71.0 Å². The van der Waals surface area contributed by atoms with Crippen LogP contribution in [-0.4, -0.2) is 19.7 Å². The van der Waals surface area contributed by atoms with E-state index in [-0.39, 0.29) is 5.54 Å². The molecule has 0 atom stereocenters. The number of hydrogen-bond acceptors (Lipinski definition) is 5. The summed E-state index contributed by atoms with van der Waals surface area (Å²) >= 11 is 0. The first-order valence-corrected chi connectivity index (χ1v) is 12.1. The Bertz CT molecular complexity index is 1290. The molecule has 3 heterocycles. The average Bonchev–Trinajstić information content (AvgIpc) is 3.31. The van der Waals surface area contributed by atoms with Gasteiger partial charge in [-0.05, 0) is 36.5 Å². The molecule has 2 aromatic carbocycles. The fourth-order valence-corrected chi connectivity index (χ4v) is 4.67. The fourth-order valence-electron chi connectivity index (χ4n) is 4.67. The summed E-state index contributed by atoms with van der Waals surface area (Å²) in [5, 5.41) is 8.77. The Morgan fingerprint density at radius 3 is 2.35 bits per heavy atom. The summed E-state index contributed by atoms with van der Waals surface area (Å²) in [6, 6.07) is 21.0. The zero-order valence-corrected chi connectivity index (χ0v) is 20.1. The molecule has 5 rings (SSSR count). The van der Waals surface area contributed by atoms with Crippen LogP contribution in [0.15, 0.2) is 60.7 Å². The number of aromatic nitrogens is 4. The van der Waals surface area contributed by atoms with E-state index in [9.17, 15) is 0 Å². The van der Waals surface area contributed by atoms with Crippen molar-refractivity contribution in [2.45, 2.75) is 58.6 Å². The Labute approximate surface area is 200 Å². The highest BCUT2D eigenvalue weighted by Gasteiger charge is 2.27. The number of hydrogen-bond donors (Lipinski definition) is 1. The first-order valence-electron chi connectivity index (χ1n) is 12.1. The number of benzene rings is 2. The second kappa shape index (κ2) is 9.03. The maximum absolute atomic E-state index is 6.64. The van der Waals surface area contributed by atoms with Gasteiger partial charge in [-0.15, -0.1) is 10.2 Å². The topological polar surface area (TPSA) is 78.9 Å². The van der Waals surface area contributed by atoms with E-state index < -0.39 is 0 Å². The molecule has 4 aromatic rings. The minimum Gasteiger partial charge on any atom is -0.468 e. The molecule has 174 valence electrons. The number of rotatable bonds is 7. The van der Waals surface area contributed by atoms with E-state index in [1.54, 1.807) is 0 Å². The normalized spacial score (nSPS) is 12.7. The van der Waals surface area contributed by atoms with Crippen molar-refractivity contribution in [3.8, 4) is 34.0 Å². The standard InChI is InChI=1S/C28H31N5O/c1-4-10-24-31-32-25-18-34-27-23(33(24)25)17-22(19-11-8-7-9-12-19)26(30-27)20-13-15-21(16-14-20)28(29,5-2)6-3/h7-9,11-17H,4-6,10,18,29H2,1-3H3. The predicted octanol–water partition coefficient (Wildman–Crippen LogP) is 5.82. The number of ether oxygens (including phenoxy) is 1. The first-order chi connectivity index (χ1) is 16.6. The molecule has 0 saturated heterocycles. The quantitative estimate of drug-likeness (QED) is 0.382. The lowest BCUT2D eigenvalue weighted by molar-refractivity contribution is 0.267. The first kappa shape index (κ1) is 22.3. The van der Waals surface area contributed by atoms with Crippen LogP contribution in [0.2, 0.25) is 0 Å². The number of nitrogens with two attached hydrogens (primary N) is 1. The van der Waals surface area contributed by atoms with Crippen LogP contribution < -0.4 is 10.5 Å². The highest BCUT2D eigenvalue weighted by molar-refractivity contribution is 5.83. The summed E-state index contributed by atoms with van der Waals surface area (Å²) in [5.41, 5.74) is 12.4. The molecule has 0 fully saturated rings. The molecule has 2 N–H and O–H groups in total. The third kappa shape index (κ3) is 3.78. The second-order valence-corrected chi connectivity index (χ2v) is 8.92. The van der Waals surface area contributed by atoms with E-state index in [0.29, 0.717) is 12.5 Å². The molecule has 0 saturated carbocycles. The van der Waals surface area contributed by atoms with Crippen LogP contribution in [0.1, 0.15) is 57.2 Å². The van der Waals surface area contributed by atoms with E-state index in [2.05, 4.69) is 90.1 Å². The molecule has 0 aliphatic carbocycles. The molecule has 2 aromatic heterocycles. The SMILES string of the molecule is CCCc1nnc2n1-c1cc(-c3ccccc3)c(-c3ccc(C(N)(CC)CC)cc3)nc1OC2. The summed E-state index contributed by atoms with van der Waals surface area (Å²) in [4.78, 5) is 5.04. The minimum absolute atomic E-state index is 0.312. The number of aryl methyl sites for hydroxylation is 1. The van der Waals surface area contributed by atoms with Gasteiger partial charge in [-0.25, -0.2) is 4.98 Å². The molecule has 0 bridgehead atoms. The van der Waals surface area contributed by atoms with Crippen LogP contribution in [0.25, 0.3) is 28.1 Å². The Kier molecular flexibility index (Phi) is 5.92. The Morgan fingerprint density at radius 2 is 1.68 bits per heavy atom. The lowest BCUT2D eigenvalue weighted by atomic mass is 9.85. The third-order valence-corrected chi connectivity index (χ3v) is 6.90. The molecule has 0 amide bonds. The van der Waals surface area contributed by atoms with Gasteiger partial charge in [0.15, 0.2) is 12.4 Å². The van der Waals surface area contributed by atoms with E-state index in [4.69, 9.17) is 15.5 Å². The van der Waals surface area contributed by atoms with Crippen molar-refractivity contribution in [3.05, 3.63) is 77.9 Å². The molecule has 34 heavy (non-hydrogen) atoms. The smallest absolute Gasteiger partial charge is 0.239 e. The largest absolute Gasteiger partial charge is 0.468 e. The van der Waals surface area contributed by atoms with Crippen LogP contribution in [-0.2, 0) is 18.6 Å². The Balaban J connectivity index is 1.68. The van der Waals surface area contributed by atoms with E-state index >= 15 is 0 Å². The van der Waals surface area contributed by atoms with Gasteiger partial charge < -0.3 is 10.5 Å². The van der Waals surface area contributed by atoms with Crippen LogP contribution in [0.5, 0.6) is 5.88 Å². The van der Waals surface area contributed by atoms with Gasteiger partial charge in [-0.3, -0.25) is 4.57 Å². The van der Waals surface area contributed by atoms with Crippen molar-refractivity contribution >= 4 is 0 Å². The predicted molar refractivity (Wildman–Crippen MR) is 135 cm³/mol. The highest BCUT2D eigenvalue weighted by atomic mass is 16.5. The molecular weight excluding hydrogens is 422 g/mol. The highest BCUT2D eigenvalue weighted by Crippen LogP contribution is 2.39. The molecular formula is C28H31N5O. The monoisotopic (exact) mass is 453 g/mol. The van der Waals surface area contributed by atoms with Crippen LogP contribution in [0.4, 0.5) is 0 Å². The lowest BCUT2D eigenvalue weighted by Gasteiger charge is -2.27. The number of fused-ring (bicyclic) bond motifs is 3. The number of nitrogens with zero attached hydrogens (tertiary/aromatic N) is 4. The Morgan fingerprint density at radius 1 is 0.941 bits per heavy atom. The van der Waals surface area contributed by atoms with E-state index in [1.165, 1.54) is 0 Å². The fraction of sp³-hybridized carbons (Fsp3) is 0.321. The van der Waals surface area contributed by atoms with Gasteiger partial charge in [0, 0.05) is 23.1 Å². The van der Waals surface area contributed by atoms with Crippen LogP contribution in [0.3, 0.4) is 0 Å². The molecule has 0 spiro atoms. The summed E-state index contributed by atoms with van der Waals surface area (Å²) in [6.07, 6.45) is 3.64. The zero-order valence-electron chi connectivity index (χ0n) is 20.1. The molecule has 6 nitrogen and oxygen atoms in total. The Hall–Kier alpha value is -3.51. The van der Waals surface area contributed by atoms with Gasteiger partial charge in [0.2, 0.25) is 5.88 Å². The number of pyridine rings is 1. The van der Waals surface area contributed by atoms with Crippen molar-refractivity contribution < 1.29 is 4.74 Å². The summed E-state index contributed by atoms with van der Waals surface area (Å²) < 4.78 is 8.16. The zero-order chi connectivity index (χ0) is 23.7. The van der Waals surface area contributed by atoms with Gasteiger partial charge >= 0.3 is 0 Å². The third-order valence-electron chi connectivity index (χ3n) is 6.90. The maximum Gasteiger partial charge on any atom is 0.239 e. The van der Waals surface area contributed by atoms with Crippen LogP contribution in [0, 0.1) is 0 Å². The molecule has 1 aliphatic heterocycles. The summed E-state index contributed by atoms with van der Waals surface area (Å²) in [7, 11) is 0. The van der Waals surface area contributed by atoms with Gasteiger partial charge in [-0.1, -0.05) is 75.4 Å².